The molecule has 0 spiro atoms. The van der Waals surface area contributed by atoms with Gasteiger partial charge in [-0.25, -0.2) is 0 Å². The topological polar surface area (TPSA) is 39.6 Å². The number of hydrogen-bond acceptors (Lipinski definition) is 1. The van der Waals surface area contributed by atoms with Gasteiger partial charge in [-0.3, -0.25) is 0 Å². The Kier molecular flexibility index (Phi) is 2.08. The third kappa shape index (κ3) is 1.40. The number of rotatable bonds is 1. The lowest BCUT2D eigenvalue weighted by molar-refractivity contribution is 1.27. The lowest BCUT2D eigenvalue weighted by atomic mass is 10.1. The minimum Gasteiger partial charge on any atom is -0.365 e. The number of hydrogen-bond donors (Lipinski definition) is 1. The predicted octanol–water partition coefficient (Wildman–Crippen LogP) is 2.86. The quantitative estimate of drug-likeness (QED) is 0.723. The molecule has 0 saturated carbocycles. The van der Waals surface area contributed by atoms with Gasteiger partial charge in [-0.2, -0.15) is 5.26 Å². The predicted molar refractivity (Wildman–Crippen MR) is 55.7 cm³/mol. The molecule has 1 heterocycles. The number of aromatic amines is 1. The fourth-order valence-electron chi connectivity index (χ4n) is 1.49. The Morgan fingerprint density at radius 3 is 2.36 bits per heavy atom. The molecule has 1 N–H and O–H groups in total. The summed E-state index contributed by atoms with van der Waals surface area (Å²) in [5.41, 5.74) is 4.17. The van der Waals surface area contributed by atoms with E-state index in [1.807, 2.05) is 43.5 Å². The van der Waals surface area contributed by atoms with Gasteiger partial charge in [0.2, 0.25) is 0 Å². The molecule has 14 heavy (non-hydrogen) atoms. The minimum atomic E-state index is 0.696. The number of H-pyrrole nitrogens is 1. The van der Waals surface area contributed by atoms with Gasteiger partial charge in [-0.05, 0) is 30.7 Å². The van der Waals surface area contributed by atoms with Crippen molar-refractivity contribution in [1.82, 2.24) is 4.98 Å². The normalized spacial score (nSPS) is 9.71. The second kappa shape index (κ2) is 3.39. The Hall–Kier alpha value is -2.01. The van der Waals surface area contributed by atoms with Crippen molar-refractivity contribution in [2.24, 2.45) is 0 Å². The molecule has 2 rings (SSSR count). The summed E-state index contributed by atoms with van der Waals surface area (Å²) in [5.74, 6) is 0. The van der Waals surface area contributed by atoms with Crippen LogP contribution < -0.4 is 0 Å². The van der Waals surface area contributed by atoms with Gasteiger partial charge in [0.1, 0.15) is 0 Å². The van der Waals surface area contributed by atoms with E-state index in [1.54, 1.807) is 0 Å². The molecule has 1 aromatic heterocycles. The van der Waals surface area contributed by atoms with Gasteiger partial charge >= 0.3 is 0 Å². The number of nitrogens with one attached hydrogen (secondary N) is 1. The summed E-state index contributed by atoms with van der Waals surface area (Å²) in [7, 11) is 0. The first-order valence-corrected chi connectivity index (χ1v) is 4.46. The summed E-state index contributed by atoms with van der Waals surface area (Å²) >= 11 is 0. The van der Waals surface area contributed by atoms with Crippen molar-refractivity contribution in [3.63, 3.8) is 0 Å². The van der Waals surface area contributed by atoms with Crippen LogP contribution >= 0.6 is 0 Å². The van der Waals surface area contributed by atoms with Crippen molar-refractivity contribution in [3.05, 3.63) is 47.8 Å². The van der Waals surface area contributed by atoms with Gasteiger partial charge < -0.3 is 4.98 Å². The zero-order valence-corrected chi connectivity index (χ0v) is 7.91. The summed E-state index contributed by atoms with van der Waals surface area (Å²) in [5, 5.41) is 8.66. The van der Waals surface area contributed by atoms with Crippen LogP contribution in [0, 0.1) is 18.3 Å². The molecule has 2 heteroatoms. The summed E-state index contributed by atoms with van der Waals surface area (Å²) in [6.45, 7) is 2.04. The lowest BCUT2D eigenvalue weighted by Gasteiger charge is -1.99. The number of benzene rings is 1. The largest absolute Gasteiger partial charge is 0.365 e. The molecule has 1 aromatic carbocycles. The van der Waals surface area contributed by atoms with Crippen LogP contribution in [-0.2, 0) is 0 Å². The first kappa shape index (κ1) is 8.58. The van der Waals surface area contributed by atoms with Crippen molar-refractivity contribution in [2.75, 3.05) is 0 Å². The van der Waals surface area contributed by atoms with Crippen LogP contribution in [0.15, 0.2) is 36.5 Å². The highest BCUT2D eigenvalue weighted by Crippen LogP contribution is 2.22. The van der Waals surface area contributed by atoms with Crippen molar-refractivity contribution < 1.29 is 0 Å². The summed E-state index contributed by atoms with van der Waals surface area (Å²) in [4.78, 5) is 3.13. The fraction of sp³-hybridized carbons (Fsp3) is 0.0833. The van der Waals surface area contributed by atoms with Crippen molar-refractivity contribution in [1.29, 1.82) is 5.26 Å². The van der Waals surface area contributed by atoms with Gasteiger partial charge in [-0.1, -0.05) is 12.1 Å². The lowest BCUT2D eigenvalue weighted by Crippen LogP contribution is -1.79. The van der Waals surface area contributed by atoms with Crippen LogP contribution in [0.2, 0.25) is 0 Å². The zero-order chi connectivity index (χ0) is 9.97. The van der Waals surface area contributed by atoms with Gasteiger partial charge in [0.05, 0.1) is 11.6 Å². The van der Waals surface area contributed by atoms with Gasteiger partial charge in [-0.15, -0.1) is 0 Å². The van der Waals surface area contributed by atoms with E-state index in [0.717, 1.165) is 11.3 Å². The van der Waals surface area contributed by atoms with E-state index in [9.17, 15) is 0 Å². The highest BCUT2D eigenvalue weighted by Gasteiger charge is 2.01. The van der Waals surface area contributed by atoms with Crippen LogP contribution in [0.3, 0.4) is 0 Å². The zero-order valence-electron chi connectivity index (χ0n) is 7.91. The molecule has 0 fully saturated rings. The molecule has 0 bridgehead atoms. The second-order valence-corrected chi connectivity index (χ2v) is 3.21. The number of aromatic nitrogens is 1. The van der Waals surface area contributed by atoms with E-state index >= 15 is 0 Å². The summed E-state index contributed by atoms with van der Waals surface area (Å²) in [6.07, 6.45) is 1.92. The molecule has 0 atom stereocenters. The molecule has 0 unspecified atom stereocenters. The van der Waals surface area contributed by atoms with Crippen molar-refractivity contribution in [2.45, 2.75) is 6.92 Å². The highest BCUT2D eigenvalue weighted by molar-refractivity contribution is 5.66. The smallest absolute Gasteiger partial charge is 0.0991 e. The van der Waals surface area contributed by atoms with Crippen LogP contribution in [0.4, 0.5) is 0 Å². The number of nitrogens with zero attached hydrogens (tertiary/aromatic N) is 1. The second-order valence-electron chi connectivity index (χ2n) is 3.21. The van der Waals surface area contributed by atoms with E-state index in [1.165, 1.54) is 5.56 Å². The maximum Gasteiger partial charge on any atom is 0.0991 e. The van der Waals surface area contributed by atoms with Gasteiger partial charge in [0.25, 0.3) is 0 Å². The SMILES string of the molecule is Cc1[nH]ccc1-c1ccc(C#N)cc1. The molecule has 2 nitrogen and oxygen atoms in total. The van der Waals surface area contributed by atoms with Crippen LogP contribution in [0.25, 0.3) is 11.1 Å². The van der Waals surface area contributed by atoms with Gasteiger partial charge in [0.15, 0.2) is 0 Å². The third-order valence-corrected chi connectivity index (χ3v) is 2.28. The Balaban J connectivity index is 2.45. The third-order valence-electron chi connectivity index (χ3n) is 2.28. The first-order valence-electron chi connectivity index (χ1n) is 4.46. The maximum absolute atomic E-state index is 8.66. The van der Waals surface area contributed by atoms with Gasteiger partial charge in [0, 0.05) is 17.5 Å². The standard InChI is InChI=1S/C12H10N2/c1-9-12(6-7-14-9)11-4-2-10(8-13)3-5-11/h2-7,14H,1H3. The van der Waals surface area contributed by atoms with E-state index in [-0.39, 0.29) is 0 Å². The molecular weight excluding hydrogens is 172 g/mol. The molecule has 0 amide bonds. The highest BCUT2D eigenvalue weighted by atomic mass is 14.7. The first-order chi connectivity index (χ1) is 6.81. The van der Waals surface area contributed by atoms with Crippen molar-refractivity contribution >= 4 is 0 Å². The molecule has 0 radical (unpaired) electrons. The average molecular weight is 182 g/mol. The molecule has 0 aliphatic carbocycles. The average Bonchev–Trinajstić information content (AvgIpc) is 2.65. The Morgan fingerprint density at radius 2 is 1.86 bits per heavy atom. The fourth-order valence-corrected chi connectivity index (χ4v) is 1.49. The van der Waals surface area contributed by atoms with E-state index in [0.29, 0.717) is 5.56 Å². The van der Waals surface area contributed by atoms with Crippen molar-refractivity contribution in [3.8, 4) is 17.2 Å². The number of aryl methyl sites for hydroxylation is 1. The van der Waals surface area contributed by atoms with Crippen LogP contribution in [0.5, 0.6) is 0 Å². The summed E-state index contributed by atoms with van der Waals surface area (Å²) in [6, 6.07) is 11.7. The Morgan fingerprint density at radius 1 is 1.14 bits per heavy atom. The maximum atomic E-state index is 8.66. The molecule has 0 aliphatic rings. The molecule has 2 aromatic rings. The number of nitriles is 1. The minimum absolute atomic E-state index is 0.696. The van der Waals surface area contributed by atoms with E-state index in [4.69, 9.17) is 5.26 Å². The molecule has 0 aliphatic heterocycles. The van der Waals surface area contributed by atoms with E-state index in [2.05, 4.69) is 11.1 Å². The van der Waals surface area contributed by atoms with Crippen LogP contribution in [-0.4, -0.2) is 4.98 Å². The molecule has 0 saturated heterocycles. The summed E-state index contributed by atoms with van der Waals surface area (Å²) < 4.78 is 0. The van der Waals surface area contributed by atoms with Crippen LogP contribution in [0.1, 0.15) is 11.3 Å². The van der Waals surface area contributed by atoms with E-state index < -0.39 is 0 Å². The monoisotopic (exact) mass is 182 g/mol. The molecule has 68 valence electrons. The molecular formula is C12H10N2. The Labute approximate surface area is 82.8 Å². The Bertz CT molecular complexity index is 472.